The molecule has 35 heavy (non-hydrogen) atoms. The number of rotatable bonds is 0. The maximum atomic E-state index is 7.19. The fourth-order valence-electron chi connectivity index (χ4n) is 9.75. The van der Waals surface area contributed by atoms with Crippen molar-refractivity contribution in [2.75, 3.05) is 13.6 Å². The number of benzene rings is 3. The Kier molecular flexibility index (Phi) is 3.21. The van der Waals surface area contributed by atoms with Gasteiger partial charge >= 0.3 is 0 Å². The van der Waals surface area contributed by atoms with E-state index in [0.717, 1.165) is 25.8 Å². The molecule has 0 saturated carbocycles. The van der Waals surface area contributed by atoms with Gasteiger partial charge in [0.1, 0.15) is 11.9 Å². The second-order valence-corrected chi connectivity index (χ2v) is 12.4. The maximum absolute atomic E-state index is 7.19. The van der Waals surface area contributed by atoms with Crippen LogP contribution in [0.3, 0.4) is 0 Å². The summed E-state index contributed by atoms with van der Waals surface area (Å²) in [5.74, 6) is 1.21. The normalized spacial score (nSPS) is 31.7. The first kappa shape index (κ1) is 19.4. The molecule has 1 aromatic heterocycles. The third-order valence-electron chi connectivity index (χ3n) is 11.2. The molecular formula is C32H32N2O. The third kappa shape index (κ3) is 1.88. The lowest BCUT2D eigenvalue weighted by atomic mass is 9.44. The number of piperidine rings is 1. The molecule has 3 nitrogen and oxygen atoms in total. The number of likely N-dealkylation sites (tertiary alicyclic amines) is 1. The van der Waals surface area contributed by atoms with E-state index in [2.05, 4.69) is 73.8 Å². The Morgan fingerprint density at radius 1 is 1.03 bits per heavy atom. The predicted octanol–water partition coefficient (Wildman–Crippen LogP) is 5.93. The van der Waals surface area contributed by atoms with E-state index in [0.29, 0.717) is 6.04 Å². The summed E-state index contributed by atoms with van der Waals surface area (Å²) >= 11 is 0. The van der Waals surface area contributed by atoms with Crippen molar-refractivity contribution in [1.29, 1.82) is 0 Å². The van der Waals surface area contributed by atoms with Crippen LogP contribution in [0.5, 0.6) is 5.75 Å². The topological polar surface area (TPSA) is 17.4 Å². The summed E-state index contributed by atoms with van der Waals surface area (Å²) in [7, 11) is 4.70. The first-order valence-corrected chi connectivity index (χ1v) is 13.5. The summed E-state index contributed by atoms with van der Waals surface area (Å²) in [5, 5.41) is 4.44. The summed E-state index contributed by atoms with van der Waals surface area (Å²) < 4.78 is 9.76. The SMILES string of the molecule is Cc1ccc2c3c1O[C@H]1c4c(c5cc6cccc7c6c(c5n4C)CC7)C[C@@]4(C)[C@@H](C2)N(C)CC[C@]314. The molecule has 9 rings (SSSR count). The number of fused-ring (bicyclic) bond motifs is 5. The molecule has 1 saturated heterocycles. The second-order valence-electron chi connectivity index (χ2n) is 12.4. The van der Waals surface area contributed by atoms with Gasteiger partial charge in [-0.2, -0.15) is 0 Å². The lowest BCUT2D eigenvalue weighted by Crippen LogP contribution is -2.68. The number of ether oxygens (including phenoxy) is 1. The Morgan fingerprint density at radius 3 is 2.80 bits per heavy atom. The molecule has 1 fully saturated rings. The van der Waals surface area contributed by atoms with Gasteiger partial charge in [0.2, 0.25) is 0 Å². The molecule has 3 aliphatic carbocycles. The van der Waals surface area contributed by atoms with Crippen molar-refractivity contribution >= 4 is 21.7 Å². The zero-order valence-electron chi connectivity index (χ0n) is 21.2. The van der Waals surface area contributed by atoms with Crippen LogP contribution < -0.4 is 4.74 Å². The van der Waals surface area contributed by atoms with Gasteiger partial charge in [-0.15, -0.1) is 0 Å². The van der Waals surface area contributed by atoms with E-state index in [-0.39, 0.29) is 16.9 Å². The van der Waals surface area contributed by atoms with Crippen LogP contribution in [-0.4, -0.2) is 29.1 Å². The molecule has 4 atom stereocenters. The fraction of sp³-hybridized carbons (Fsp3) is 0.438. The van der Waals surface area contributed by atoms with Gasteiger partial charge in [0.05, 0.1) is 16.6 Å². The van der Waals surface area contributed by atoms with Crippen molar-refractivity contribution in [3.63, 3.8) is 0 Å². The minimum atomic E-state index is 0.0686. The van der Waals surface area contributed by atoms with E-state index in [1.807, 2.05) is 0 Å². The number of aromatic nitrogens is 1. The smallest absolute Gasteiger partial charge is 0.149 e. The van der Waals surface area contributed by atoms with Gasteiger partial charge in [-0.1, -0.05) is 37.3 Å². The molecule has 5 aliphatic rings. The molecule has 2 bridgehead atoms. The molecule has 3 aromatic carbocycles. The van der Waals surface area contributed by atoms with Gasteiger partial charge in [-0.05, 0) is 97.3 Å². The molecule has 1 spiro atoms. The average molecular weight is 461 g/mol. The lowest BCUT2D eigenvalue weighted by molar-refractivity contribution is -0.0912. The van der Waals surface area contributed by atoms with E-state index >= 15 is 0 Å². The van der Waals surface area contributed by atoms with Crippen LogP contribution >= 0.6 is 0 Å². The van der Waals surface area contributed by atoms with Crippen molar-refractivity contribution in [2.45, 2.75) is 63.5 Å². The Labute approximate surface area is 206 Å². The molecular weight excluding hydrogens is 428 g/mol. The summed E-state index contributed by atoms with van der Waals surface area (Å²) in [6.45, 7) is 6.02. The van der Waals surface area contributed by atoms with Crippen LogP contribution in [0.15, 0.2) is 36.4 Å². The molecule has 0 N–H and O–H groups in total. The predicted molar refractivity (Wildman–Crippen MR) is 141 cm³/mol. The molecule has 2 aliphatic heterocycles. The van der Waals surface area contributed by atoms with Crippen LogP contribution in [0.25, 0.3) is 21.7 Å². The molecule has 176 valence electrons. The van der Waals surface area contributed by atoms with Crippen molar-refractivity contribution in [3.8, 4) is 5.75 Å². The van der Waals surface area contributed by atoms with E-state index in [1.165, 1.54) is 57.1 Å². The standard InChI is InChI=1S/C32H32N2O/c1-17-8-9-20-15-24-31(2)16-23-22-14-19-7-5-6-18-10-11-21(25(18)19)27(22)34(4)28(23)30-32(31,12-13-33(24)3)26(20)29(17)35-30/h5-9,14,24,30H,10-13,15-16H2,1-4H3/t24-,30+,31+,32+/m1/s1. The van der Waals surface area contributed by atoms with Crippen molar-refractivity contribution in [3.05, 3.63) is 75.5 Å². The van der Waals surface area contributed by atoms with Crippen LogP contribution in [0.2, 0.25) is 0 Å². The van der Waals surface area contributed by atoms with E-state index in [9.17, 15) is 0 Å². The van der Waals surface area contributed by atoms with Gasteiger partial charge in [0.15, 0.2) is 0 Å². The van der Waals surface area contributed by atoms with Crippen molar-refractivity contribution in [2.24, 2.45) is 12.5 Å². The minimum Gasteiger partial charge on any atom is -0.483 e. The summed E-state index contributed by atoms with van der Waals surface area (Å²) in [6.07, 6.45) is 5.91. The van der Waals surface area contributed by atoms with Gasteiger partial charge in [0.25, 0.3) is 0 Å². The Balaban J connectivity index is 1.43. The summed E-state index contributed by atoms with van der Waals surface area (Å²) in [6, 6.07) is 14.7. The van der Waals surface area contributed by atoms with Crippen molar-refractivity contribution in [1.82, 2.24) is 9.47 Å². The van der Waals surface area contributed by atoms with E-state index in [4.69, 9.17) is 4.74 Å². The molecule has 0 amide bonds. The van der Waals surface area contributed by atoms with Gasteiger partial charge in [-0.3, -0.25) is 0 Å². The number of hydrogen-bond acceptors (Lipinski definition) is 2. The van der Waals surface area contributed by atoms with Gasteiger partial charge in [-0.25, -0.2) is 0 Å². The van der Waals surface area contributed by atoms with Crippen LogP contribution in [0, 0.1) is 12.3 Å². The maximum Gasteiger partial charge on any atom is 0.149 e. The zero-order valence-corrected chi connectivity index (χ0v) is 21.2. The molecule has 0 unspecified atom stereocenters. The highest BCUT2D eigenvalue weighted by Crippen LogP contribution is 2.71. The highest BCUT2D eigenvalue weighted by atomic mass is 16.5. The number of hydrogen-bond donors (Lipinski definition) is 0. The van der Waals surface area contributed by atoms with E-state index in [1.54, 1.807) is 22.3 Å². The third-order valence-corrected chi connectivity index (χ3v) is 11.2. The quantitative estimate of drug-likeness (QED) is 0.323. The molecule has 3 heteroatoms. The fourth-order valence-corrected chi connectivity index (χ4v) is 9.75. The summed E-state index contributed by atoms with van der Waals surface area (Å²) in [5.41, 5.74) is 12.3. The summed E-state index contributed by atoms with van der Waals surface area (Å²) in [4.78, 5) is 2.67. The Morgan fingerprint density at radius 2 is 1.91 bits per heavy atom. The highest BCUT2D eigenvalue weighted by molar-refractivity contribution is 6.05. The average Bonchev–Trinajstić information content (AvgIpc) is 3.49. The minimum absolute atomic E-state index is 0.0686. The second kappa shape index (κ2) is 5.78. The number of likely N-dealkylation sites (N-methyl/N-ethyl adjacent to an activating group) is 1. The highest BCUT2D eigenvalue weighted by Gasteiger charge is 2.70. The van der Waals surface area contributed by atoms with Crippen LogP contribution in [-0.2, 0) is 38.1 Å². The number of aryl methyl sites for hydroxylation is 4. The first-order valence-electron chi connectivity index (χ1n) is 13.5. The largest absolute Gasteiger partial charge is 0.483 e. The Bertz CT molecular complexity index is 1660. The first-order chi connectivity index (χ1) is 16.9. The van der Waals surface area contributed by atoms with Crippen LogP contribution in [0.1, 0.15) is 58.5 Å². The van der Waals surface area contributed by atoms with Gasteiger partial charge < -0.3 is 14.2 Å². The number of nitrogens with zero attached hydrogens (tertiary/aromatic N) is 2. The molecule has 0 radical (unpaired) electrons. The molecule has 4 aromatic rings. The zero-order chi connectivity index (χ0) is 23.4. The lowest BCUT2D eigenvalue weighted by Gasteiger charge is -2.64. The van der Waals surface area contributed by atoms with Crippen LogP contribution in [0.4, 0.5) is 0 Å². The van der Waals surface area contributed by atoms with E-state index < -0.39 is 0 Å². The van der Waals surface area contributed by atoms with Gasteiger partial charge in [0, 0.05) is 29.5 Å². The molecule has 3 heterocycles. The van der Waals surface area contributed by atoms with Crippen molar-refractivity contribution < 1.29 is 4.74 Å². The Hall–Kier alpha value is -2.78. The monoisotopic (exact) mass is 460 g/mol.